The first-order valence-electron chi connectivity index (χ1n) is 10.7. The summed E-state index contributed by atoms with van der Waals surface area (Å²) in [6.45, 7) is 12.0. The number of phenols is 1. The maximum atomic E-state index is 13.1. The lowest BCUT2D eigenvalue weighted by Crippen LogP contribution is -2.19. The second-order valence-electron chi connectivity index (χ2n) is 9.30. The van der Waals surface area contributed by atoms with Gasteiger partial charge in [0.05, 0.1) is 11.1 Å². The largest absolute Gasteiger partial charge is 0.507 e. The third-order valence-electron chi connectivity index (χ3n) is 5.62. The molecule has 0 aliphatic carbocycles. The molecule has 0 saturated heterocycles. The lowest BCUT2D eigenvalue weighted by molar-refractivity contribution is 0.101. The fraction of sp³-hybridized carbons (Fsp3) is 0.423. The minimum absolute atomic E-state index is 0.0783. The standard InChI is InChI=1S/C26H33NO3/c1-7-8-13-27(6)16-20-21(28)14-17(2)23-24(29)22(30-25(20)23)15-18-9-11-19(12-10-18)26(3,4)5/h9-12,14-15,28H,7-8,13,16H2,1-6H3/b22-15-. The molecule has 0 bridgehead atoms. The molecule has 0 spiro atoms. The molecule has 0 saturated carbocycles. The molecule has 1 N–H and O–H groups in total. The van der Waals surface area contributed by atoms with Gasteiger partial charge in [0.2, 0.25) is 5.78 Å². The van der Waals surface area contributed by atoms with E-state index in [-0.39, 0.29) is 16.9 Å². The van der Waals surface area contributed by atoms with Gasteiger partial charge in [0.25, 0.3) is 0 Å². The fourth-order valence-corrected chi connectivity index (χ4v) is 3.74. The zero-order valence-corrected chi connectivity index (χ0v) is 19.0. The van der Waals surface area contributed by atoms with Crippen molar-refractivity contribution >= 4 is 11.9 Å². The van der Waals surface area contributed by atoms with Crippen LogP contribution in [0, 0.1) is 6.92 Å². The highest BCUT2D eigenvalue weighted by molar-refractivity contribution is 6.15. The van der Waals surface area contributed by atoms with E-state index in [9.17, 15) is 9.90 Å². The summed E-state index contributed by atoms with van der Waals surface area (Å²) < 4.78 is 6.04. The van der Waals surface area contributed by atoms with Gasteiger partial charge >= 0.3 is 0 Å². The first-order valence-corrected chi connectivity index (χ1v) is 10.7. The number of benzene rings is 2. The van der Waals surface area contributed by atoms with Crippen LogP contribution in [0.25, 0.3) is 6.08 Å². The molecule has 30 heavy (non-hydrogen) atoms. The summed E-state index contributed by atoms with van der Waals surface area (Å²) in [6, 6.07) is 9.87. The molecular formula is C26H33NO3. The van der Waals surface area contributed by atoms with E-state index in [0.717, 1.165) is 30.5 Å². The number of hydrogen-bond acceptors (Lipinski definition) is 4. The molecule has 160 valence electrons. The van der Waals surface area contributed by atoms with Crippen LogP contribution < -0.4 is 4.74 Å². The predicted molar refractivity (Wildman–Crippen MR) is 122 cm³/mol. The SMILES string of the molecule is CCCCN(C)Cc1c(O)cc(C)c2c1O/C(=C\c1ccc(C(C)(C)C)cc1)C2=O. The molecule has 4 nitrogen and oxygen atoms in total. The van der Waals surface area contributed by atoms with Crippen LogP contribution in [0.3, 0.4) is 0 Å². The van der Waals surface area contributed by atoms with Gasteiger partial charge in [-0.25, -0.2) is 0 Å². The van der Waals surface area contributed by atoms with Crippen molar-refractivity contribution in [1.29, 1.82) is 0 Å². The number of fused-ring (bicyclic) bond motifs is 1. The molecule has 1 heterocycles. The molecule has 4 heteroatoms. The Labute approximate surface area is 180 Å². The van der Waals surface area contributed by atoms with E-state index in [2.05, 4.69) is 44.7 Å². The van der Waals surface area contributed by atoms with Gasteiger partial charge in [-0.3, -0.25) is 4.79 Å². The highest BCUT2D eigenvalue weighted by Crippen LogP contribution is 2.42. The minimum Gasteiger partial charge on any atom is -0.507 e. The van der Waals surface area contributed by atoms with Crippen molar-refractivity contribution in [3.8, 4) is 11.5 Å². The number of phenolic OH excluding ortho intramolecular Hbond substituents is 1. The van der Waals surface area contributed by atoms with E-state index in [1.54, 1.807) is 12.1 Å². The van der Waals surface area contributed by atoms with Gasteiger partial charge in [0, 0.05) is 6.54 Å². The summed E-state index contributed by atoms with van der Waals surface area (Å²) in [5.41, 5.74) is 4.21. The Morgan fingerprint density at radius 2 is 1.83 bits per heavy atom. The second-order valence-corrected chi connectivity index (χ2v) is 9.30. The number of aryl methyl sites for hydroxylation is 1. The van der Waals surface area contributed by atoms with E-state index in [0.29, 0.717) is 29.2 Å². The van der Waals surface area contributed by atoms with E-state index in [1.165, 1.54) is 5.56 Å². The summed E-state index contributed by atoms with van der Waals surface area (Å²) in [5.74, 6) is 0.858. The normalized spacial score (nSPS) is 15.0. The van der Waals surface area contributed by atoms with Crippen LogP contribution in [-0.2, 0) is 12.0 Å². The van der Waals surface area contributed by atoms with Crippen LogP contribution >= 0.6 is 0 Å². The molecule has 2 aromatic rings. The van der Waals surface area contributed by atoms with Gasteiger partial charge in [-0.1, -0.05) is 58.4 Å². The van der Waals surface area contributed by atoms with E-state index in [1.807, 2.05) is 26.1 Å². The van der Waals surface area contributed by atoms with Gasteiger partial charge < -0.3 is 14.7 Å². The fourth-order valence-electron chi connectivity index (χ4n) is 3.74. The molecule has 1 aliphatic heterocycles. The Morgan fingerprint density at radius 1 is 1.17 bits per heavy atom. The van der Waals surface area contributed by atoms with Crippen molar-refractivity contribution in [2.45, 2.75) is 59.4 Å². The number of ketones is 1. The van der Waals surface area contributed by atoms with Crippen molar-refractivity contribution in [3.63, 3.8) is 0 Å². The number of nitrogens with zero attached hydrogens (tertiary/aromatic N) is 1. The van der Waals surface area contributed by atoms with Crippen LogP contribution in [0.5, 0.6) is 11.5 Å². The lowest BCUT2D eigenvalue weighted by Gasteiger charge is -2.19. The average molecular weight is 408 g/mol. The highest BCUT2D eigenvalue weighted by atomic mass is 16.5. The number of Topliss-reactive ketones (excluding diaryl/α,β-unsaturated/α-hetero) is 1. The summed E-state index contributed by atoms with van der Waals surface area (Å²) in [4.78, 5) is 15.2. The van der Waals surface area contributed by atoms with Crippen LogP contribution in [0.1, 0.15) is 73.1 Å². The van der Waals surface area contributed by atoms with Crippen molar-refractivity contribution in [2.24, 2.45) is 0 Å². The molecule has 0 atom stereocenters. The summed E-state index contributed by atoms with van der Waals surface area (Å²) >= 11 is 0. The van der Waals surface area contributed by atoms with Gasteiger partial charge in [-0.2, -0.15) is 0 Å². The van der Waals surface area contributed by atoms with Gasteiger partial charge in [0.1, 0.15) is 11.5 Å². The van der Waals surface area contributed by atoms with Crippen molar-refractivity contribution < 1.29 is 14.6 Å². The van der Waals surface area contributed by atoms with Crippen LogP contribution in [-0.4, -0.2) is 29.4 Å². The average Bonchev–Trinajstić information content (AvgIpc) is 2.99. The topological polar surface area (TPSA) is 49.8 Å². The Bertz CT molecular complexity index is 965. The van der Waals surface area contributed by atoms with Crippen LogP contribution in [0.4, 0.5) is 0 Å². The number of carbonyl (C=O) groups is 1. The summed E-state index contributed by atoms with van der Waals surface area (Å²) in [5, 5.41) is 10.6. The zero-order valence-electron chi connectivity index (χ0n) is 19.0. The van der Waals surface area contributed by atoms with Gasteiger partial charge in [0.15, 0.2) is 5.76 Å². The Kier molecular flexibility index (Phi) is 6.37. The first kappa shape index (κ1) is 22.1. The Morgan fingerprint density at radius 3 is 2.43 bits per heavy atom. The first-order chi connectivity index (χ1) is 14.1. The maximum Gasteiger partial charge on any atom is 0.232 e. The van der Waals surface area contributed by atoms with Crippen LogP contribution in [0.15, 0.2) is 36.1 Å². The number of hydrogen-bond donors (Lipinski definition) is 1. The van der Waals surface area contributed by atoms with Crippen molar-refractivity contribution in [3.05, 3.63) is 63.9 Å². The van der Waals surface area contributed by atoms with Crippen molar-refractivity contribution in [1.82, 2.24) is 4.90 Å². The van der Waals surface area contributed by atoms with Gasteiger partial charge in [-0.15, -0.1) is 0 Å². The molecule has 0 radical (unpaired) electrons. The van der Waals surface area contributed by atoms with Crippen LogP contribution in [0.2, 0.25) is 0 Å². The Balaban J connectivity index is 1.92. The number of rotatable bonds is 6. The third kappa shape index (κ3) is 4.59. The molecular weight excluding hydrogens is 374 g/mol. The number of aromatic hydroxyl groups is 1. The lowest BCUT2D eigenvalue weighted by atomic mass is 9.86. The molecule has 0 unspecified atom stereocenters. The maximum absolute atomic E-state index is 13.1. The second kappa shape index (κ2) is 8.65. The smallest absolute Gasteiger partial charge is 0.232 e. The van der Waals surface area contributed by atoms with Crippen molar-refractivity contribution in [2.75, 3.05) is 13.6 Å². The minimum atomic E-state index is -0.125. The predicted octanol–water partition coefficient (Wildman–Crippen LogP) is 5.85. The van der Waals surface area contributed by atoms with E-state index >= 15 is 0 Å². The highest BCUT2D eigenvalue weighted by Gasteiger charge is 2.33. The van der Waals surface area contributed by atoms with E-state index in [4.69, 9.17) is 4.74 Å². The molecule has 3 rings (SSSR count). The third-order valence-corrected chi connectivity index (χ3v) is 5.62. The molecule has 0 amide bonds. The number of ether oxygens (including phenoxy) is 1. The number of unbranched alkanes of at least 4 members (excludes halogenated alkanes) is 1. The Hall–Kier alpha value is -2.59. The van der Waals surface area contributed by atoms with Gasteiger partial charge in [-0.05, 0) is 61.2 Å². The molecule has 0 aromatic heterocycles. The molecule has 2 aromatic carbocycles. The summed E-state index contributed by atoms with van der Waals surface area (Å²) in [7, 11) is 2.02. The zero-order chi connectivity index (χ0) is 22.1. The molecule has 1 aliphatic rings. The quantitative estimate of drug-likeness (QED) is 0.611. The summed E-state index contributed by atoms with van der Waals surface area (Å²) in [6.07, 6.45) is 3.98. The monoisotopic (exact) mass is 407 g/mol. The number of carbonyl (C=O) groups excluding carboxylic acids is 1. The van der Waals surface area contributed by atoms with E-state index < -0.39 is 0 Å². The number of allylic oxidation sites excluding steroid dienone is 1. The molecule has 0 fully saturated rings.